The van der Waals surface area contributed by atoms with Gasteiger partial charge in [-0.05, 0) is 31.1 Å². The third-order valence-electron chi connectivity index (χ3n) is 3.95. The van der Waals surface area contributed by atoms with E-state index in [9.17, 15) is 0 Å². The van der Waals surface area contributed by atoms with Gasteiger partial charge in [-0.3, -0.25) is 0 Å². The van der Waals surface area contributed by atoms with E-state index in [4.69, 9.17) is 11.6 Å². The lowest BCUT2D eigenvalue weighted by molar-refractivity contribution is 0.415. The summed E-state index contributed by atoms with van der Waals surface area (Å²) in [6.07, 6.45) is 7.03. The van der Waals surface area contributed by atoms with Crippen molar-refractivity contribution in [1.29, 1.82) is 0 Å². The molecule has 0 radical (unpaired) electrons. The van der Waals surface area contributed by atoms with Crippen LogP contribution in [-0.2, 0) is 0 Å². The Labute approximate surface area is 83.3 Å². The Hall–Kier alpha value is -1.19. The number of rotatable bonds is 1. The topological polar surface area (TPSA) is 69.9 Å². The first-order chi connectivity index (χ1) is 6.75. The van der Waals surface area contributed by atoms with Gasteiger partial charge in [-0.25, -0.2) is 9.66 Å². The predicted octanol–water partition coefficient (Wildman–Crippen LogP) is 1.08. The van der Waals surface area contributed by atoms with Crippen molar-refractivity contribution in [1.82, 2.24) is 9.66 Å². The molecule has 4 N–H and O–H groups in total. The zero-order valence-electron chi connectivity index (χ0n) is 8.19. The molecule has 4 nitrogen and oxygen atoms in total. The van der Waals surface area contributed by atoms with E-state index in [0.717, 1.165) is 17.5 Å². The Kier molecular flexibility index (Phi) is 1.54. The lowest BCUT2D eigenvalue weighted by atomic mass is 9.86. The van der Waals surface area contributed by atoms with Gasteiger partial charge < -0.3 is 11.6 Å². The number of imidazole rings is 1. The van der Waals surface area contributed by atoms with Crippen LogP contribution in [0.15, 0.2) is 6.33 Å². The van der Waals surface area contributed by atoms with Gasteiger partial charge in [0, 0.05) is 5.92 Å². The zero-order chi connectivity index (χ0) is 9.71. The van der Waals surface area contributed by atoms with Crippen LogP contribution in [0.2, 0.25) is 0 Å². The second-order valence-corrected chi connectivity index (χ2v) is 4.70. The summed E-state index contributed by atoms with van der Waals surface area (Å²) in [5, 5.41) is 0. The van der Waals surface area contributed by atoms with Gasteiger partial charge in [-0.1, -0.05) is 6.42 Å². The molecular formula is C10H16N4. The fourth-order valence-corrected chi connectivity index (χ4v) is 3.25. The monoisotopic (exact) mass is 192 g/mol. The molecule has 3 atom stereocenters. The van der Waals surface area contributed by atoms with Crippen LogP contribution in [0.1, 0.15) is 37.3 Å². The number of hydrogen-bond acceptors (Lipinski definition) is 3. The minimum Gasteiger partial charge on any atom is -0.382 e. The number of anilines is 1. The van der Waals surface area contributed by atoms with E-state index in [1.54, 1.807) is 6.33 Å². The fraction of sp³-hybridized carbons (Fsp3) is 0.700. The predicted molar refractivity (Wildman–Crippen MR) is 55.0 cm³/mol. The van der Waals surface area contributed by atoms with Gasteiger partial charge in [0.15, 0.2) is 0 Å². The smallest absolute Gasteiger partial charge is 0.145 e. The highest BCUT2D eigenvalue weighted by Gasteiger charge is 2.42. The van der Waals surface area contributed by atoms with Crippen molar-refractivity contribution in [3.8, 4) is 0 Å². The summed E-state index contributed by atoms with van der Waals surface area (Å²) in [6, 6.07) is 0. The van der Waals surface area contributed by atoms with Crippen LogP contribution < -0.4 is 11.6 Å². The number of hydrogen-bond donors (Lipinski definition) is 2. The maximum Gasteiger partial charge on any atom is 0.145 e. The zero-order valence-corrected chi connectivity index (χ0v) is 8.19. The van der Waals surface area contributed by atoms with Gasteiger partial charge >= 0.3 is 0 Å². The first-order valence-corrected chi connectivity index (χ1v) is 5.33. The summed E-state index contributed by atoms with van der Waals surface area (Å²) in [5.74, 6) is 8.61. The molecule has 1 aromatic rings. The highest BCUT2D eigenvalue weighted by Crippen LogP contribution is 2.53. The van der Waals surface area contributed by atoms with Crippen LogP contribution in [0.3, 0.4) is 0 Å². The van der Waals surface area contributed by atoms with Gasteiger partial charge in [0.25, 0.3) is 0 Å². The number of nitrogens with zero attached hydrogens (tertiary/aromatic N) is 2. The highest BCUT2D eigenvalue weighted by atomic mass is 15.3. The normalized spacial score (nSPS) is 35.3. The molecule has 3 unspecified atom stereocenters. The van der Waals surface area contributed by atoms with Crippen LogP contribution in [0.4, 0.5) is 5.82 Å². The summed E-state index contributed by atoms with van der Waals surface area (Å²) in [4.78, 5) is 4.33. The molecule has 2 saturated carbocycles. The van der Waals surface area contributed by atoms with Crippen molar-refractivity contribution in [2.24, 2.45) is 11.8 Å². The SMILES string of the molecule is Nc1c(C2CC3CCC2C3)ncn1N. The molecule has 2 fully saturated rings. The lowest BCUT2D eigenvalue weighted by Crippen LogP contribution is -2.14. The minimum atomic E-state index is 0.582. The lowest BCUT2D eigenvalue weighted by Gasteiger charge is -2.20. The average molecular weight is 192 g/mol. The van der Waals surface area contributed by atoms with Crippen molar-refractivity contribution >= 4 is 5.82 Å². The van der Waals surface area contributed by atoms with Gasteiger partial charge in [0.2, 0.25) is 0 Å². The van der Waals surface area contributed by atoms with Crippen LogP contribution in [0.25, 0.3) is 0 Å². The van der Waals surface area contributed by atoms with E-state index in [0.29, 0.717) is 11.7 Å². The summed E-state index contributed by atoms with van der Waals surface area (Å²) < 4.78 is 1.43. The number of nitrogens with two attached hydrogens (primary N) is 2. The Morgan fingerprint density at radius 3 is 2.71 bits per heavy atom. The molecule has 76 valence electrons. The first-order valence-electron chi connectivity index (χ1n) is 5.33. The van der Waals surface area contributed by atoms with Crippen molar-refractivity contribution < 1.29 is 0 Å². The number of aromatic nitrogens is 2. The number of nitrogen functional groups attached to an aromatic ring is 2. The largest absolute Gasteiger partial charge is 0.382 e. The molecule has 1 heterocycles. The molecule has 4 heteroatoms. The van der Waals surface area contributed by atoms with E-state index in [-0.39, 0.29) is 0 Å². The van der Waals surface area contributed by atoms with Crippen molar-refractivity contribution in [2.75, 3.05) is 11.6 Å². The first kappa shape index (κ1) is 8.15. The quantitative estimate of drug-likeness (QED) is 0.654. The molecule has 0 saturated heterocycles. The van der Waals surface area contributed by atoms with Crippen LogP contribution >= 0.6 is 0 Å². The molecule has 0 aliphatic heterocycles. The minimum absolute atomic E-state index is 0.582. The molecular weight excluding hydrogens is 176 g/mol. The van der Waals surface area contributed by atoms with Gasteiger partial charge in [-0.15, -0.1) is 0 Å². The van der Waals surface area contributed by atoms with Crippen LogP contribution in [0.5, 0.6) is 0 Å². The Morgan fingerprint density at radius 1 is 1.36 bits per heavy atom. The number of fused-ring (bicyclic) bond motifs is 2. The molecule has 0 spiro atoms. The van der Waals surface area contributed by atoms with Crippen LogP contribution in [-0.4, -0.2) is 9.66 Å². The molecule has 2 aliphatic carbocycles. The van der Waals surface area contributed by atoms with Crippen molar-refractivity contribution in [3.05, 3.63) is 12.0 Å². The summed E-state index contributed by atoms with van der Waals surface area (Å²) in [6.45, 7) is 0. The third kappa shape index (κ3) is 0.966. The molecule has 3 rings (SSSR count). The Balaban J connectivity index is 1.93. The molecule has 14 heavy (non-hydrogen) atoms. The van der Waals surface area contributed by atoms with E-state index in [1.807, 2.05) is 0 Å². The summed E-state index contributed by atoms with van der Waals surface area (Å²) in [7, 11) is 0. The molecule has 1 aromatic heterocycles. The summed E-state index contributed by atoms with van der Waals surface area (Å²) in [5.41, 5.74) is 6.93. The highest BCUT2D eigenvalue weighted by molar-refractivity contribution is 5.39. The molecule has 0 amide bonds. The van der Waals surface area contributed by atoms with E-state index >= 15 is 0 Å². The van der Waals surface area contributed by atoms with Crippen molar-refractivity contribution in [3.63, 3.8) is 0 Å². The maximum absolute atomic E-state index is 5.89. The van der Waals surface area contributed by atoms with Gasteiger partial charge in [0.05, 0.1) is 5.69 Å². The Morgan fingerprint density at radius 2 is 2.21 bits per heavy atom. The van der Waals surface area contributed by atoms with E-state index in [1.165, 1.54) is 30.4 Å². The third-order valence-corrected chi connectivity index (χ3v) is 3.95. The van der Waals surface area contributed by atoms with E-state index in [2.05, 4.69) is 4.98 Å². The standard InChI is InChI=1S/C10H16N4/c11-10-9(13-5-14(10)12)8-4-6-1-2-7(8)3-6/h5-8H,1-4,11-12H2. The van der Waals surface area contributed by atoms with Crippen molar-refractivity contribution in [2.45, 2.75) is 31.6 Å². The second kappa shape index (κ2) is 2.65. The average Bonchev–Trinajstić information content (AvgIpc) is 2.84. The van der Waals surface area contributed by atoms with E-state index < -0.39 is 0 Å². The molecule has 0 aromatic carbocycles. The second-order valence-electron chi connectivity index (χ2n) is 4.70. The van der Waals surface area contributed by atoms with Gasteiger partial charge in [-0.2, -0.15) is 0 Å². The fourth-order valence-electron chi connectivity index (χ4n) is 3.25. The Bertz CT molecular complexity index is 357. The molecule has 2 bridgehead atoms. The van der Waals surface area contributed by atoms with Gasteiger partial charge in [0.1, 0.15) is 12.1 Å². The maximum atomic E-state index is 5.89. The van der Waals surface area contributed by atoms with Crippen LogP contribution in [0, 0.1) is 11.8 Å². The summed E-state index contributed by atoms with van der Waals surface area (Å²) >= 11 is 0. The molecule has 2 aliphatic rings.